The summed E-state index contributed by atoms with van der Waals surface area (Å²) in [6.07, 6.45) is 0. The molecule has 0 radical (unpaired) electrons. The summed E-state index contributed by atoms with van der Waals surface area (Å²) in [6, 6.07) is 14.8. The van der Waals surface area contributed by atoms with Gasteiger partial charge in [0.25, 0.3) is 5.91 Å². The molecule has 0 saturated heterocycles. The second-order valence-corrected chi connectivity index (χ2v) is 8.42. The van der Waals surface area contributed by atoms with Crippen molar-refractivity contribution in [3.63, 3.8) is 0 Å². The molecule has 0 fully saturated rings. The Morgan fingerprint density at radius 1 is 1.12 bits per heavy atom. The second kappa shape index (κ2) is 8.46. The lowest BCUT2D eigenvalue weighted by atomic mass is 9.96. The second-order valence-electron chi connectivity index (χ2n) is 8.01. The van der Waals surface area contributed by atoms with Gasteiger partial charge in [0.2, 0.25) is 0 Å². The van der Waals surface area contributed by atoms with Crippen molar-refractivity contribution in [1.29, 1.82) is 0 Å². The van der Waals surface area contributed by atoms with Gasteiger partial charge in [-0.05, 0) is 42.0 Å². The first-order valence-corrected chi connectivity index (χ1v) is 10.9. The Hall–Kier alpha value is -3.91. The van der Waals surface area contributed by atoms with E-state index in [1.54, 1.807) is 42.5 Å². The van der Waals surface area contributed by atoms with Crippen LogP contribution in [0.3, 0.4) is 0 Å². The Kier molecular flexibility index (Phi) is 5.45. The Labute approximate surface area is 199 Å². The lowest BCUT2D eigenvalue weighted by Gasteiger charge is -2.21. The van der Waals surface area contributed by atoms with Gasteiger partial charge in [0.1, 0.15) is 11.7 Å². The monoisotopic (exact) mass is 479 g/mol. The number of hydrogen-bond donors (Lipinski definition) is 2. The van der Waals surface area contributed by atoms with Crippen LogP contribution in [0.15, 0.2) is 60.7 Å². The van der Waals surface area contributed by atoms with Crippen molar-refractivity contribution in [2.24, 2.45) is 0 Å². The Morgan fingerprint density at radius 2 is 1.91 bits per heavy atom. The summed E-state index contributed by atoms with van der Waals surface area (Å²) in [5.41, 5.74) is 2.91. The number of esters is 1. The van der Waals surface area contributed by atoms with Gasteiger partial charge in [-0.15, -0.1) is 0 Å². The van der Waals surface area contributed by atoms with E-state index >= 15 is 0 Å². The van der Waals surface area contributed by atoms with Crippen LogP contribution in [0.2, 0.25) is 5.02 Å². The number of urea groups is 1. The van der Waals surface area contributed by atoms with E-state index in [0.717, 1.165) is 0 Å². The van der Waals surface area contributed by atoms with Crippen LogP contribution in [0.1, 0.15) is 39.0 Å². The number of halogens is 2. The fourth-order valence-electron chi connectivity index (χ4n) is 4.56. The van der Waals surface area contributed by atoms with Gasteiger partial charge in [-0.2, -0.15) is 0 Å². The van der Waals surface area contributed by atoms with Gasteiger partial charge in [-0.1, -0.05) is 35.9 Å². The van der Waals surface area contributed by atoms with Crippen LogP contribution >= 0.6 is 11.6 Å². The van der Waals surface area contributed by atoms with E-state index in [0.29, 0.717) is 33.6 Å². The highest BCUT2D eigenvalue weighted by atomic mass is 35.5. The quantitative estimate of drug-likeness (QED) is 0.536. The summed E-state index contributed by atoms with van der Waals surface area (Å²) in [4.78, 5) is 39.7. The summed E-state index contributed by atoms with van der Waals surface area (Å²) >= 11 is 6.31. The highest BCUT2D eigenvalue weighted by molar-refractivity contribution is 6.31. The molecule has 0 bridgehead atoms. The molecule has 2 atom stereocenters. The lowest BCUT2D eigenvalue weighted by molar-refractivity contribution is -0.141. The van der Waals surface area contributed by atoms with Crippen LogP contribution in [0.5, 0.6) is 0 Å². The van der Waals surface area contributed by atoms with Gasteiger partial charge >= 0.3 is 12.0 Å². The third-order valence-corrected chi connectivity index (χ3v) is 6.47. The molecule has 0 saturated carbocycles. The number of benzene rings is 3. The molecule has 0 aromatic heterocycles. The smallest absolute Gasteiger partial charge is 0.326 e. The number of anilines is 2. The third-order valence-electron chi connectivity index (χ3n) is 6.12. The molecule has 2 heterocycles. The molecule has 0 aliphatic carbocycles. The van der Waals surface area contributed by atoms with E-state index in [2.05, 4.69) is 10.6 Å². The molecule has 2 N–H and O–H groups in total. The number of carbonyl (C=O) groups excluding carboxylic acids is 3. The molecule has 9 heteroatoms. The number of nitrogens with one attached hydrogen (secondary N) is 2. The first kappa shape index (κ1) is 21.9. The highest BCUT2D eigenvalue weighted by Crippen LogP contribution is 2.41. The maximum absolute atomic E-state index is 14.0. The van der Waals surface area contributed by atoms with Gasteiger partial charge in [0.15, 0.2) is 0 Å². The summed E-state index contributed by atoms with van der Waals surface area (Å²) in [5.74, 6) is -1.88. The minimum atomic E-state index is -0.740. The van der Waals surface area contributed by atoms with Crippen LogP contribution in [0.25, 0.3) is 0 Å². The van der Waals surface area contributed by atoms with Crippen molar-refractivity contribution in [2.75, 3.05) is 23.9 Å². The number of ether oxygens (including phenoxy) is 1. The number of amides is 3. The number of methoxy groups -OCH3 is 1. The van der Waals surface area contributed by atoms with Gasteiger partial charge < -0.3 is 15.4 Å². The summed E-state index contributed by atoms with van der Waals surface area (Å²) < 4.78 is 18.9. The van der Waals surface area contributed by atoms with Crippen LogP contribution in [-0.4, -0.2) is 31.6 Å². The van der Waals surface area contributed by atoms with Crippen molar-refractivity contribution in [3.8, 4) is 0 Å². The van der Waals surface area contributed by atoms with E-state index in [-0.39, 0.29) is 17.5 Å². The average Bonchev–Trinajstić information content (AvgIpc) is 3.39. The molecule has 3 aromatic rings. The minimum Gasteiger partial charge on any atom is -0.468 e. The van der Waals surface area contributed by atoms with E-state index in [9.17, 15) is 18.8 Å². The fourth-order valence-corrected chi connectivity index (χ4v) is 4.79. The van der Waals surface area contributed by atoms with Gasteiger partial charge in [-0.25, -0.2) is 9.18 Å². The predicted octanol–water partition coefficient (Wildman–Crippen LogP) is 4.62. The molecule has 7 nitrogen and oxygen atoms in total. The molecule has 3 aromatic carbocycles. The zero-order valence-electron chi connectivity index (χ0n) is 18.0. The summed E-state index contributed by atoms with van der Waals surface area (Å²) in [7, 11) is 1.31. The first-order valence-electron chi connectivity index (χ1n) is 10.5. The minimum absolute atomic E-state index is 0.114. The number of para-hydroxylation sites is 1. The van der Waals surface area contributed by atoms with Crippen LogP contribution in [-0.2, 0) is 9.53 Å². The maximum atomic E-state index is 14.0. The molecule has 2 aliphatic heterocycles. The topological polar surface area (TPSA) is 87.7 Å². The van der Waals surface area contributed by atoms with Gasteiger partial charge in [0, 0.05) is 39.6 Å². The summed E-state index contributed by atoms with van der Waals surface area (Å²) in [6.45, 7) is 0.114. The van der Waals surface area contributed by atoms with E-state index in [1.165, 1.54) is 30.2 Å². The molecule has 5 rings (SSSR count). The molecule has 2 unspecified atom stereocenters. The van der Waals surface area contributed by atoms with Crippen LogP contribution < -0.4 is 15.5 Å². The highest BCUT2D eigenvalue weighted by Gasteiger charge is 2.38. The Bertz CT molecular complexity index is 1350. The van der Waals surface area contributed by atoms with E-state index in [4.69, 9.17) is 16.3 Å². The van der Waals surface area contributed by atoms with Crippen molar-refractivity contribution in [2.45, 2.75) is 12.0 Å². The molecule has 2 aliphatic rings. The molecule has 0 spiro atoms. The largest absolute Gasteiger partial charge is 0.468 e. The number of fused-ring (bicyclic) bond motifs is 2. The van der Waals surface area contributed by atoms with Crippen molar-refractivity contribution in [3.05, 3.63) is 93.8 Å². The zero-order valence-corrected chi connectivity index (χ0v) is 18.7. The number of carbonyl (C=O) groups is 3. The number of nitrogens with zero attached hydrogens (tertiary/aromatic N) is 1. The molecule has 172 valence electrons. The molecule has 34 heavy (non-hydrogen) atoms. The third kappa shape index (κ3) is 3.56. The normalized spacial score (nSPS) is 18.2. The zero-order chi connectivity index (χ0) is 24.0. The van der Waals surface area contributed by atoms with Crippen LogP contribution in [0, 0.1) is 5.82 Å². The Balaban J connectivity index is 1.50. The fraction of sp³-hybridized carbons (Fsp3) is 0.160. The van der Waals surface area contributed by atoms with Gasteiger partial charge in [-0.3, -0.25) is 14.5 Å². The first-order chi connectivity index (χ1) is 16.4. The maximum Gasteiger partial charge on any atom is 0.326 e. The standard InChI is InChI=1S/C25H19ClFN3O4/c1-34-24(32)17-12-30(20-8-3-2-5-14(17)20)25(33)28-19-7-4-6-15-21(19)22(29-23(15)31)16-11-13(27)9-10-18(16)26/h2-11,17,22H,12H2,1H3,(H,28,33)(H,29,31). The lowest BCUT2D eigenvalue weighted by Crippen LogP contribution is -2.35. The molecular weight excluding hydrogens is 461 g/mol. The SMILES string of the molecule is COC(=O)C1CN(C(=O)Nc2cccc3c2C(c2cc(F)ccc2Cl)NC3=O)c2ccccc21. The molecule has 3 amide bonds. The molecular formula is C25H19ClFN3O4. The average molecular weight is 480 g/mol. The van der Waals surface area contributed by atoms with Crippen molar-refractivity contribution < 1.29 is 23.5 Å². The van der Waals surface area contributed by atoms with Crippen molar-refractivity contribution >= 4 is 40.9 Å². The van der Waals surface area contributed by atoms with E-state index < -0.39 is 29.8 Å². The number of hydrogen-bond acceptors (Lipinski definition) is 4. The van der Waals surface area contributed by atoms with E-state index in [1.807, 2.05) is 0 Å². The number of rotatable bonds is 3. The predicted molar refractivity (Wildman–Crippen MR) is 125 cm³/mol. The van der Waals surface area contributed by atoms with Crippen molar-refractivity contribution in [1.82, 2.24) is 5.32 Å². The van der Waals surface area contributed by atoms with Crippen LogP contribution in [0.4, 0.5) is 20.6 Å². The summed E-state index contributed by atoms with van der Waals surface area (Å²) in [5, 5.41) is 5.97. The van der Waals surface area contributed by atoms with Gasteiger partial charge in [0.05, 0.1) is 13.2 Å². The Morgan fingerprint density at radius 3 is 2.71 bits per heavy atom.